The SMILES string of the molecule is CS(=O)(=O)CC(N)=O.[Na+]. The second-order valence-corrected chi connectivity index (χ2v) is 3.68. The molecule has 0 spiro atoms. The molecule has 4 nitrogen and oxygen atoms in total. The summed E-state index contributed by atoms with van der Waals surface area (Å²) in [6, 6.07) is 0. The van der Waals surface area contributed by atoms with Gasteiger partial charge in [-0.25, -0.2) is 8.42 Å². The molecule has 0 fully saturated rings. The fraction of sp³-hybridized carbons (Fsp3) is 0.667. The van der Waals surface area contributed by atoms with Crippen LogP contribution in [0.25, 0.3) is 0 Å². The third-order valence-electron chi connectivity index (χ3n) is 0.404. The molecule has 0 heterocycles. The molecule has 9 heavy (non-hydrogen) atoms. The molecule has 0 saturated heterocycles. The number of carbonyl (C=O) groups is 1. The number of primary amides is 1. The van der Waals surface area contributed by atoms with Crippen LogP contribution in [-0.2, 0) is 14.6 Å². The molecule has 0 aromatic heterocycles. The van der Waals surface area contributed by atoms with Crippen LogP contribution in [0.1, 0.15) is 0 Å². The van der Waals surface area contributed by atoms with Gasteiger partial charge in [0, 0.05) is 6.26 Å². The maximum atomic E-state index is 10.1. The van der Waals surface area contributed by atoms with Crippen molar-refractivity contribution in [3.63, 3.8) is 0 Å². The molecule has 0 radical (unpaired) electrons. The summed E-state index contributed by atoms with van der Waals surface area (Å²) < 4.78 is 20.3. The van der Waals surface area contributed by atoms with Crippen molar-refractivity contribution in [1.82, 2.24) is 0 Å². The van der Waals surface area contributed by atoms with E-state index in [4.69, 9.17) is 0 Å². The van der Waals surface area contributed by atoms with E-state index in [9.17, 15) is 13.2 Å². The molecule has 0 rings (SSSR count). The molecule has 0 unspecified atom stereocenters. The Balaban J connectivity index is 0. The number of amides is 1. The van der Waals surface area contributed by atoms with Gasteiger partial charge in [-0.1, -0.05) is 0 Å². The molecule has 1 amide bonds. The van der Waals surface area contributed by atoms with Crippen molar-refractivity contribution in [3.05, 3.63) is 0 Å². The van der Waals surface area contributed by atoms with Crippen molar-refractivity contribution in [3.8, 4) is 0 Å². The van der Waals surface area contributed by atoms with Gasteiger partial charge in [0.2, 0.25) is 5.91 Å². The predicted octanol–water partition coefficient (Wildman–Crippen LogP) is -4.48. The summed E-state index contributed by atoms with van der Waals surface area (Å²) in [7, 11) is -3.20. The Morgan fingerprint density at radius 3 is 1.89 bits per heavy atom. The maximum absolute atomic E-state index is 10.1. The van der Waals surface area contributed by atoms with E-state index in [1.165, 1.54) is 0 Å². The molecule has 0 saturated carbocycles. The first-order chi connectivity index (χ1) is 3.42. The maximum Gasteiger partial charge on any atom is 1.00 e. The quantitative estimate of drug-likeness (QED) is 0.414. The minimum Gasteiger partial charge on any atom is -0.369 e. The molecule has 0 aliphatic carbocycles. The Morgan fingerprint density at radius 2 is 1.89 bits per heavy atom. The second-order valence-electron chi connectivity index (χ2n) is 1.54. The van der Waals surface area contributed by atoms with Gasteiger partial charge in [0.05, 0.1) is 0 Å². The van der Waals surface area contributed by atoms with Crippen LogP contribution in [0.4, 0.5) is 0 Å². The molecule has 48 valence electrons. The third-order valence-corrected chi connectivity index (χ3v) is 1.21. The summed E-state index contributed by atoms with van der Waals surface area (Å²) in [5, 5.41) is 0. The number of nitrogens with two attached hydrogens (primary N) is 1. The van der Waals surface area contributed by atoms with Crippen LogP contribution in [0.3, 0.4) is 0 Å². The zero-order valence-electron chi connectivity index (χ0n) is 5.42. The van der Waals surface area contributed by atoms with Crippen LogP contribution < -0.4 is 35.3 Å². The standard InChI is InChI=1S/C3H7NO3S.Na/c1-8(6,7)2-3(4)5;/h2H2,1H3,(H2,4,5);/q;+1. The fourth-order valence-electron chi connectivity index (χ4n) is 0.258. The van der Waals surface area contributed by atoms with Gasteiger partial charge in [0.15, 0.2) is 9.84 Å². The molecular weight excluding hydrogens is 153 g/mol. The van der Waals surface area contributed by atoms with Gasteiger partial charge in [0.25, 0.3) is 0 Å². The molecule has 0 bridgehead atoms. The topological polar surface area (TPSA) is 77.2 Å². The van der Waals surface area contributed by atoms with Crippen molar-refractivity contribution >= 4 is 15.7 Å². The number of hydrogen-bond donors (Lipinski definition) is 1. The Hall–Kier alpha value is 0.420. The summed E-state index contributed by atoms with van der Waals surface area (Å²) in [4.78, 5) is 9.86. The van der Waals surface area contributed by atoms with Crippen molar-refractivity contribution < 1.29 is 42.8 Å². The van der Waals surface area contributed by atoms with Crippen LogP contribution in [0.15, 0.2) is 0 Å². The molecule has 0 aromatic carbocycles. The van der Waals surface area contributed by atoms with Crippen LogP contribution in [0, 0.1) is 0 Å². The summed E-state index contributed by atoms with van der Waals surface area (Å²) in [6.07, 6.45) is 0.956. The van der Waals surface area contributed by atoms with Crippen LogP contribution in [0.5, 0.6) is 0 Å². The first-order valence-electron chi connectivity index (χ1n) is 1.88. The number of hydrogen-bond acceptors (Lipinski definition) is 3. The molecule has 0 aliphatic heterocycles. The largest absolute Gasteiger partial charge is 1.00 e. The van der Waals surface area contributed by atoms with Crippen molar-refractivity contribution in [1.29, 1.82) is 0 Å². The normalized spacial score (nSPS) is 9.89. The van der Waals surface area contributed by atoms with Crippen LogP contribution in [-0.4, -0.2) is 26.3 Å². The van der Waals surface area contributed by atoms with Gasteiger partial charge in [-0.3, -0.25) is 4.79 Å². The molecule has 6 heteroatoms. The third kappa shape index (κ3) is 11.8. The predicted molar refractivity (Wildman–Crippen MR) is 28.9 cm³/mol. The molecule has 0 aliphatic rings. The van der Waals surface area contributed by atoms with E-state index >= 15 is 0 Å². The smallest absolute Gasteiger partial charge is 0.369 e. The Kier molecular flexibility index (Phi) is 5.75. The minimum absolute atomic E-state index is 0. The van der Waals surface area contributed by atoms with E-state index in [1.807, 2.05) is 0 Å². The Labute approximate surface area is 76.0 Å². The zero-order chi connectivity index (χ0) is 6.78. The van der Waals surface area contributed by atoms with Crippen molar-refractivity contribution in [2.24, 2.45) is 5.73 Å². The van der Waals surface area contributed by atoms with Crippen LogP contribution in [0.2, 0.25) is 0 Å². The second kappa shape index (κ2) is 4.27. The van der Waals surface area contributed by atoms with E-state index in [1.54, 1.807) is 0 Å². The number of rotatable bonds is 2. The van der Waals surface area contributed by atoms with Gasteiger partial charge in [0.1, 0.15) is 5.75 Å². The molecule has 2 N–H and O–H groups in total. The van der Waals surface area contributed by atoms with Crippen molar-refractivity contribution in [2.75, 3.05) is 12.0 Å². The average Bonchev–Trinajstić information content (AvgIpc) is 1.21. The van der Waals surface area contributed by atoms with E-state index in [0.717, 1.165) is 6.26 Å². The van der Waals surface area contributed by atoms with Gasteiger partial charge < -0.3 is 5.73 Å². The number of sulfone groups is 1. The summed E-state index contributed by atoms with van der Waals surface area (Å²) >= 11 is 0. The van der Waals surface area contributed by atoms with Crippen molar-refractivity contribution in [2.45, 2.75) is 0 Å². The van der Waals surface area contributed by atoms with Gasteiger partial charge in [-0.05, 0) is 0 Å². The van der Waals surface area contributed by atoms with E-state index in [2.05, 4.69) is 5.73 Å². The Bertz CT molecular complexity index is 185. The van der Waals surface area contributed by atoms with Gasteiger partial charge >= 0.3 is 29.6 Å². The van der Waals surface area contributed by atoms with Gasteiger partial charge in [-0.15, -0.1) is 0 Å². The van der Waals surface area contributed by atoms with E-state index in [-0.39, 0.29) is 29.6 Å². The summed E-state index contributed by atoms with van der Waals surface area (Å²) in [6.45, 7) is 0. The van der Waals surface area contributed by atoms with E-state index in [0.29, 0.717) is 0 Å². The fourth-order valence-corrected chi connectivity index (χ4v) is 0.775. The van der Waals surface area contributed by atoms with Gasteiger partial charge in [-0.2, -0.15) is 0 Å². The summed E-state index contributed by atoms with van der Waals surface area (Å²) in [5.41, 5.74) is 4.56. The minimum atomic E-state index is -3.20. The van der Waals surface area contributed by atoms with Crippen LogP contribution >= 0.6 is 0 Å². The summed E-state index contributed by atoms with van der Waals surface area (Å²) in [5.74, 6) is -1.38. The molecular formula is C3H7NNaO3S+. The first-order valence-corrected chi connectivity index (χ1v) is 3.94. The zero-order valence-corrected chi connectivity index (χ0v) is 8.23. The monoisotopic (exact) mass is 160 g/mol. The van der Waals surface area contributed by atoms with E-state index < -0.39 is 21.5 Å². The Morgan fingerprint density at radius 1 is 1.56 bits per heavy atom. The number of carbonyl (C=O) groups excluding carboxylic acids is 1. The molecule has 0 atom stereocenters. The molecule has 0 aromatic rings. The first kappa shape index (κ1) is 12.1. The average molecular weight is 160 g/mol.